The van der Waals surface area contributed by atoms with E-state index in [1.807, 2.05) is 6.07 Å². The smallest absolute Gasteiger partial charge is 0.0991 e. The van der Waals surface area contributed by atoms with Crippen LogP contribution in [0.15, 0.2) is 18.2 Å². The highest BCUT2D eigenvalue weighted by Crippen LogP contribution is 2.41. The van der Waals surface area contributed by atoms with Gasteiger partial charge in [-0.1, -0.05) is 25.3 Å². The van der Waals surface area contributed by atoms with Gasteiger partial charge in [-0.2, -0.15) is 5.26 Å². The molecule has 2 heteroatoms. The summed E-state index contributed by atoms with van der Waals surface area (Å²) >= 11 is 0. The van der Waals surface area contributed by atoms with Gasteiger partial charge in [-0.05, 0) is 55.5 Å². The van der Waals surface area contributed by atoms with E-state index in [2.05, 4.69) is 30.1 Å². The molecule has 1 fully saturated rings. The fraction of sp³-hybridized carbons (Fsp3) is 0.588. The molecule has 0 amide bonds. The summed E-state index contributed by atoms with van der Waals surface area (Å²) in [6, 6.07) is 9.13. The number of benzene rings is 1. The van der Waals surface area contributed by atoms with Crippen LogP contribution in [0.1, 0.15) is 54.8 Å². The average Bonchev–Trinajstić information content (AvgIpc) is 2.47. The fourth-order valence-electron chi connectivity index (χ4n) is 3.90. The largest absolute Gasteiger partial charge is 0.299 e. The SMILES string of the molecule is CN1CCc2ccc(C#N)cc2C1C1CCCCC1. The first kappa shape index (κ1) is 12.7. The van der Waals surface area contributed by atoms with E-state index < -0.39 is 0 Å². The minimum absolute atomic E-state index is 0.539. The molecule has 0 aromatic heterocycles. The van der Waals surface area contributed by atoms with Crippen molar-refractivity contribution in [3.63, 3.8) is 0 Å². The van der Waals surface area contributed by atoms with Gasteiger partial charge < -0.3 is 0 Å². The second-order valence-electron chi connectivity index (χ2n) is 6.10. The molecule has 2 aliphatic rings. The van der Waals surface area contributed by atoms with Crippen LogP contribution in [0.25, 0.3) is 0 Å². The molecule has 1 aromatic rings. The van der Waals surface area contributed by atoms with Crippen molar-refractivity contribution in [2.24, 2.45) is 5.92 Å². The maximum absolute atomic E-state index is 9.14. The summed E-state index contributed by atoms with van der Waals surface area (Å²) in [5.41, 5.74) is 3.71. The first-order valence-corrected chi connectivity index (χ1v) is 7.53. The molecule has 1 aromatic carbocycles. The molecule has 0 N–H and O–H groups in total. The third kappa shape index (κ3) is 2.40. The maximum Gasteiger partial charge on any atom is 0.0991 e. The molecule has 100 valence electrons. The van der Waals surface area contributed by atoms with Crippen LogP contribution in [0.5, 0.6) is 0 Å². The van der Waals surface area contributed by atoms with E-state index in [-0.39, 0.29) is 0 Å². The van der Waals surface area contributed by atoms with E-state index in [0.29, 0.717) is 6.04 Å². The van der Waals surface area contributed by atoms with Gasteiger partial charge in [0.2, 0.25) is 0 Å². The fourth-order valence-corrected chi connectivity index (χ4v) is 3.90. The lowest BCUT2D eigenvalue weighted by molar-refractivity contribution is 0.134. The molecule has 1 aliphatic heterocycles. The summed E-state index contributed by atoms with van der Waals surface area (Å²) in [5.74, 6) is 0.784. The van der Waals surface area contributed by atoms with Gasteiger partial charge >= 0.3 is 0 Å². The Morgan fingerprint density at radius 3 is 2.74 bits per heavy atom. The predicted octanol–water partition coefficient (Wildman–Crippen LogP) is 3.67. The first-order valence-electron chi connectivity index (χ1n) is 7.53. The van der Waals surface area contributed by atoms with Crippen molar-refractivity contribution in [1.82, 2.24) is 4.90 Å². The lowest BCUT2D eigenvalue weighted by Crippen LogP contribution is -2.37. The van der Waals surface area contributed by atoms with Crippen molar-refractivity contribution in [1.29, 1.82) is 5.26 Å². The van der Waals surface area contributed by atoms with Gasteiger partial charge in [-0.3, -0.25) is 4.90 Å². The Balaban J connectivity index is 1.97. The first-order chi connectivity index (χ1) is 9.29. The Bertz CT molecular complexity index is 494. The van der Waals surface area contributed by atoms with Gasteiger partial charge in [0.05, 0.1) is 11.6 Å². The van der Waals surface area contributed by atoms with E-state index >= 15 is 0 Å². The van der Waals surface area contributed by atoms with Crippen molar-refractivity contribution < 1.29 is 0 Å². The highest BCUT2D eigenvalue weighted by molar-refractivity contribution is 5.41. The zero-order valence-corrected chi connectivity index (χ0v) is 11.7. The van der Waals surface area contributed by atoms with Gasteiger partial charge in [0.15, 0.2) is 0 Å². The Labute approximate surface area is 116 Å². The molecule has 3 rings (SSSR count). The molecule has 1 aliphatic carbocycles. The summed E-state index contributed by atoms with van der Waals surface area (Å²) in [5, 5.41) is 9.14. The molecule has 0 spiro atoms. The number of likely N-dealkylation sites (N-methyl/N-ethyl adjacent to an activating group) is 1. The van der Waals surface area contributed by atoms with Gasteiger partial charge in [0.1, 0.15) is 0 Å². The molecule has 0 radical (unpaired) electrons. The average molecular weight is 254 g/mol. The van der Waals surface area contributed by atoms with Crippen LogP contribution in [0.3, 0.4) is 0 Å². The molecule has 0 bridgehead atoms. The van der Waals surface area contributed by atoms with Crippen LogP contribution in [-0.2, 0) is 6.42 Å². The molecule has 19 heavy (non-hydrogen) atoms. The second kappa shape index (κ2) is 5.35. The third-order valence-electron chi connectivity index (χ3n) is 4.90. The number of nitriles is 1. The van der Waals surface area contributed by atoms with Gasteiger partial charge in [-0.15, -0.1) is 0 Å². The highest BCUT2D eigenvalue weighted by Gasteiger charge is 2.32. The van der Waals surface area contributed by atoms with Crippen LogP contribution in [-0.4, -0.2) is 18.5 Å². The number of nitrogens with zero attached hydrogens (tertiary/aromatic N) is 2. The Hall–Kier alpha value is -1.33. The molecule has 1 heterocycles. The minimum atomic E-state index is 0.539. The van der Waals surface area contributed by atoms with E-state index in [4.69, 9.17) is 5.26 Å². The minimum Gasteiger partial charge on any atom is -0.299 e. The van der Waals surface area contributed by atoms with Gasteiger partial charge in [0.25, 0.3) is 0 Å². The topological polar surface area (TPSA) is 27.0 Å². The molecule has 0 saturated heterocycles. The Morgan fingerprint density at radius 1 is 1.21 bits per heavy atom. The number of hydrogen-bond donors (Lipinski definition) is 0. The predicted molar refractivity (Wildman–Crippen MR) is 76.8 cm³/mol. The van der Waals surface area contributed by atoms with Crippen LogP contribution in [0, 0.1) is 17.2 Å². The number of rotatable bonds is 1. The zero-order valence-electron chi connectivity index (χ0n) is 11.7. The van der Waals surface area contributed by atoms with Crippen molar-refractivity contribution in [2.45, 2.75) is 44.6 Å². The van der Waals surface area contributed by atoms with Gasteiger partial charge in [0, 0.05) is 12.6 Å². The standard InChI is InChI=1S/C17H22N2/c1-19-10-9-14-8-7-13(12-18)11-16(14)17(19)15-5-3-2-4-6-15/h7-8,11,15,17H,2-6,9-10H2,1H3. The molecular weight excluding hydrogens is 232 g/mol. The summed E-state index contributed by atoms with van der Waals surface area (Å²) in [6.07, 6.45) is 7.99. The molecule has 1 atom stereocenters. The quantitative estimate of drug-likeness (QED) is 0.764. The summed E-state index contributed by atoms with van der Waals surface area (Å²) in [7, 11) is 2.25. The summed E-state index contributed by atoms with van der Waals surface area (Å²) in [6.45, 7) is 1.15. The van der Waals surface area contributed by atoms with E-state index in [1.165, 1.54) is 43.2 Å². The lowest BCUT2D eigenvalue weighted by atomic mass is 9.77. The van der Waals surface area contributed by atoms with Crippen molar-refractivity contribution in [3.05, 3.63) is 34.9 Å². The maximum atomic E-state index is 9.14. The van der Waals surface area contributed by atoms with Crippen molar-refractivity contribution >= 4 is 0 Å². The van der Waals surface area contributed by atoms with Crippen molar-refractivity contribution in [2.75, 3.05) is 13.6 Å². The molecule has 2 nitrogen and oxygen atoms in total. The van der Waals surface area contributed by atoms with Crippen LogP contribution >= 0.6 is 0 Å². The summed E-state index contributed by atoms with van der Waals surface area (Å²) in [4.78, 5) is 2.51. The van der Waals surface area contributed by atoms with Crippen LogP contribution in [0.4, 0.5) is 0 Å². The van der Waals surface area contributed by atoms with Crippen LogP contribution in [0.2, 0.25) is 0 Å². The van der Waals surface area contributed by atoms with E-state index in [9.17, 15) is 0 Å². The van der Waals surface area contributed by atoms with Crippen molar-refractivity contribution in [3.8, 4) is 6.07 Å². The molecule has 1 saturated carbocycles. The highest BCUT2D eigenvalue weighted by atomic mass is 15.1. The number of hydrogen-bond acceptors (Lipinski definition) is 2. The third-order valence-corrected chi connectivity index (χ3v) is 4.90. The molecule has 1 unspecified atom stereocenters. The number of fused-ring (bicyclic) bond motifs is 1. The van der Waals surface area contributed by atoms with E-state index in [0.717, 1.165) is 24.4 Å². The van der Waals surface area contributed by atoms with Crippen LogP contribution < -0.4 is 0 Å². The molecular formula is C17H22N2. The summed E-state index contributed by atoms with van der Waals surface area (Å²) < 4.78 is 0. The second-order valence-corrected chi connectivity index (χ2v) is 6.10. The normalized spacial score (nSPS) is 24.7. The Kier molecular flexibility index (Phi) is 3.57. The monoisotopic (exact) mass is 254 g/mol. The zero-order chi connectivity index (χ0) is 13.2. The lowest BCUT2D eigenvalue weighted by Gasteiger charge is -2.41. The van der Waals surface area contributed by atoms with E-state index in [1.54, 1.807) is 0 Å². The Morgan fingerprint density at radius 2 is 2.00 bits per heavy atom. The van der Waals surface area contributed by atoms with Gasteiger partial charge in [-0.25, -0.2) is 0 Å².